The van der Waals surface area contributed by atoms with E-state index >= 15 is 0 Å². The molecule has 0 unspecified atom stereocenters. The molecule has 2 N–H and O–H groups in total. The third-order valence-electron chi connectivity index (χ3n) is 4.06. The van der Waals surface area contributed by atoms with Crippen LogP contribution in [0.2, 0.25) is 0 Å². The fourth-order valence-electron chi connectivity index (χ4n) is 2.66. The van der Waals surface area contributed by atoms with Gasteiger partial charge in [0, 0.05) is 18.3 Å². The van der Waals surface area contributed by atoms with Crippen LogP contribution in [0.5, 0.6) is 0 Å². The molecule has 0 saturated carbocycles. The second-order valence-corrected chi connectivity index (χ2v) is 7.74. The number of hydrogen-bond donors (Lipinski definition) is 2. The van der Waals surface area contributed by atoms with Crippen LogP contribution in [0.4, 0.5) is 5.69 Å². The summed E-state index contributed by atoms with van der Waals surface area (Å²) in [5.41, 5.74) is 1.50. The Bertz CT molecular complexity index is 1220. The summed E-state index contributed by atoms with van der Waals surface area (Å²) in [6.45, 7) is 0.270. The number of thiophene rings is 1. The Morgan fingerprint density at radius 3 is 2.79 bits per heavy atom. The summed E-state index contributed by atoms with van der Waals surface area (Å²) in [7, 11) is 0. The van der Waals surface area contributed by atoms with Crippen molar-refractivity contribution >= 4 is 45.1 Å². The van der Waals surface area contributed by atoms with Crippen LogP contribution in [-0.4, -0.2) is 33.0 Å². The molecule has 0 aliphatic rings. The van der Waals surface area contributed by atoms with Crippen LogP contribution in [0.1, 0.15) is 11.3 Å². The number of para-hydroxylation sites is 1. The summed E-state index contributed by atoms with van der Waals surface area (Å²) in [6, 6.07) is 12.4. The highest BCUT2D eigenvalue weighted by atomic mass is 32.1. The molecule has 29 heavy (non-hydrogen) atoms. The third kappa shape index (κ3) is 4.01. The van der Waals surface area contributed by atoms with E-state index in [9.17, 15) is 9.59 Å². The van der Waals surface area contributed by atoms with Gasteiger partial charge in [-0.3, -0.25) is 9.59 Å². The predicted molar refractivity (Wildman–Crippen MR) is 111 cm³/mol. The number of rotatable bonds is 5. The van der Waals surface area contributed by atoms with Crippen molar-refractivity contribution in [1.82, 2.24) is 19.9 Å². The van der Waals surface area contributed by atoms with Gasteiger partial charge in [-0.15, -0.1) is 27.8 Å². The van der Waals surface area contributed by atoms with Crippen LogP contribution in [0.15, 0.2) is 47.2 Å². The molecule has 0 bridgehead atoms. The Morgan fingerprint density at radius 2 is 2.00 bits per heavy atom. The summed E-state index contributed by atoms with van der Waals surface area (Å²) in [5.74, 6) is -0.904. The normalized spacial score (nSPS) is 10.6. The Hall–Kier alpha value is -3.55. The molecule has 3 heterocycles. The van der Waals surface area contributed by atoms with Crippen molar-refractivity contribution in [2.75, 3.05) is 11.9 Å². The van der Waals surface area contributed by atoms with Crippen molar-refractivity contribution in [3.8, 4) is 16.8 Å². The van der Waals surface area contributed by atoms with Gasteiger partial charge in [0.25, 0.3) is 0 Å². The van der Waals surface area contributed by atoms with Crippen molar-refractivity contribution in [1.29, 1.82) is 5.26 Å². The van der Waals surface area contributed by atoms with Crippen molar-refractivity contribution in [2.24, 2.45) is 0 Å². The van der Waals surface area contributed by atoms with E-state index in [1.54, 1.807) is 40.1 Å². The number of anilines is 1. The molecule has 10 heteroatoms. The first-order valence-electron chi connectivity index (χ1n) is 8.61. The van der Waals surface area contributed by atoms with Gasteiger partial charge in [0.05, 0.1) is 21.8 Å². The average Bonchev–Trinajstić information content (AvgIpc) is 3.46. The summed E-state index contributed by atoms with van der Waals surface area (Å²) in [6.07, 6.45) is 0.501. The molecule has 3 aromatic heterocycles. The first-order valence-corrected chi connectivity index (χ1v) is 10.4. The Balaban J connectivity index is 1.35. The standard InChI is InChI=1S/C19H14N6O2S2/c20-10-12-4-1-2-5-14(12)22-18(27)17(26)21-8-7-13-11-29-19-23-16(24-25(13)19)15-6-3-9-28-15/h1-6,9,11H,7-8H2,(H,21,26)(H,22,27). The molecule has 4 rings (SSSR count). The topological polar surface area (TPSA) is 112 Å². The molecule has 0 spiro atoms. The van der Waals surface area contributed by atoms with Crippen molar-refractivity contribution in [3.05, 3.63) is 58.4 Å². The smallest absolute Gasteiger partial charge is 0.313 e. The molecule has 2 amide bonds. The van der Waals surface area contributed by atoms with E-state index in [0.29, 0.717) is 23.5 Å². The highest BCUT2D eigenvalue weighted by Crippen LogP contribution is 2.24. The first-order chi connectivity index (χ1) is 14.2. The first kappa shape index (κ1) is 18.8. The molecule has 0 aliphatic carbocycles. The Labute approximate surface area is 173 Å². The molecule has 8 nitrogen and oxygen atoms in total. The van der Waals surface area contributed by atoms with Gasteiger partial charge in [-0.25, -0.2) is 4.52 Å². The number of fused-ring (bicyclic) bond motifs is 1. The lowest BCUT2D eigenvalue weighted by Gasteiger charge is -2.07. The second kappa shape index (κ2) is 8.22. The summed E-state index contributed by atoms with van der Waals surface area (Å²) in [5, 5.41) is 22.5. The fourth-order valence-corrected chi connectivity index (χ4v) is 4.17. The maximum absolute atomic E-state index is 12.1. The zero-order chi connectivity index (χ0) is 20.2. The number of nitrogens with one attached hydrogen (secondary N) is 2. The second-order valence-electron chi connectivity index (χ2n) is 5.95. The number of carbonyl (C=O) groups is 2. The molecule has 0 fully saturated rings. The minimum absolute atomic E-state index is 0.270. The number of nitriles is 1. The van der Waals surface area contributed by atoms with Crippen LogP contribution in [-0.2, 0) is 16.0 Å². The lowest BCUT2D eigenvalue weighted by atomic mass is 10.2. The van der Waals surface area contributed by atoms with Gasteiger partial charge in [0.2, 0.25) is 4.96 Å². The lowest BCUT2D eigenvalue weighted by Crippen LogP contribution is -2.36. The van der Waals surface area contributed by atoms with Crippen molar-refractivity contribution in [2.45, 2.75) is 6.42 Å². The average molecular weight is 422 g/mol. The van der Waals surface area contributed by atoms with Gasteiger partial charge >= 0.3 is 11.8 Å². The molecular formula is C19H14N6O2S2. The quantitative estimate of drug-likeness (QED) is 0.480. The van der Waals surface area contributed by atoms with Gasteiger partial charge in [0.15, 0.2) is 5.82 Å². The van der Waals surface area contributed by atoms with Gasteiger partial charge in [0.1, 0.15) is 6.07 Å². The SMILES string of the molecule is N#Cc1ccccc1NC(=O)C(=O)NCCc1csc2nc(-c3cccs3)nn12. The number of nitrogens with zero attached hydrogens (tertiary/aromatic N) is 4. The largest absolute Gasteiger partial charge is 0.347 e. The Morgan fingerprint density at radius 1 is 1.14 bits per heavy atom. The third-order valence-corrected chi connectivity index (χ3v) is 5.79. The van der Waals surface area contributed by atoms with Crippen LogP contribution in [0, 0.1) is 11.3 Å². The molecule has 0 radical (unpaired) electrons. The van der Waals surface area contributed by atoms with E-state index in [0.717, 1.165) is 15.5 Å². The van der Waals surface area contributed by atoms with E-state index in [4.69, 9.17) is 5.26 Å². The van der Waals surface area contributed by atoms with E-state index in [1.807, 2.05) is 29.0 Å². The highest BCUT2D eigenvalue weighted by molar-refractivity contribution is 7.15. The molecule has 1 aromatic carbocycles. The highest BCUT2D eigenvalue weighted by Gasteiger charge is 2.16. The minimum Gasteiger partial charge on any atom is -0.347 e. The number of aromatic nitrogens is 3. The monoisotopic (exact) mass is 422 g/mol. The number of benzene rings is 1. The summed E-state index contributed by atoms with van der Waals surface area (Å²) in [4.78, 5) is 30.4. The van der Waals surface area contributed by atoms with Gasteiger partial charge < -0.3 is 10.6 Å². The summed E-state index contributed by atoms with van der Waals surface area (Å²) < 4.78 is 1.76. The summed E-state index contributed by atoms with van der Waals surface area (Å²) >= 11 is 3.05. The van der Waals surface area contributed by atoms with Crippen LogP contribution in [0.25, 0.3) is 15.7 Å². The van der Waals surface area contributed by atoms with E-state index in [1.165, 1.54) is 11.3 Å². The fraction of sp³-hybridized carbons (Fsp3) is 0.105. The predicted octanol–water partition coefficient (Wildman–Crippen LogP) is 2.69. The number of hydrogen-bond acceptors (Lipinski definition) is 7. The van der Waals surface area contributed by atoms with Crippen LogP contribution >= 0.6 is 22.7 Å². The zero-order valence-electron chi connectivity index (χ0n) is 15.0. The molecular weight excluding hydrogens is 408 g/mol. The van der Waals surface area contributed by atoms with Crippen molar-refractivity contribution in [3.63, 3.8) is 0 Å². The number of amides is 2. The maximum Gasteiger partial charge on any atom is 0.313 e. The lowest BCUT2D eigenvalue weighted by molar-refractivity contribution is -0.136. The van der Waals surface area contributed by atoms with E-state index in [2.05, 4.69) is 20.7 Å². The van der Waals surface area contributed by atoms with E-state index in [-0.39, 0.29) is 6.54 Å². The number of carbonyl (C=O) groups excluding carboxylic acids is 2. The van der Waals surface area contributed by atoms with Gasteiger partial charge in [-0.2, -0.15) is 10.2 Å². The molecule has 0 saturated heterocycles. The molecule has 144 valence electrons. The zero-order valence-corrected chi connectivity index (χ0v) is 16.6. The van der Waals surface area contributed by atoms with Gasteiger partial charge in [-0.05, 0) is 23.6 Å². The number of thiazole rings is 1. The van der Waals surface area contributed by atoms with Gasteiger partial charge in [-0.1, -0.05) is 18.2 Å². The van der Waals surface area contributed by atoms with E-state index < -0.39 is 11.8 Å². The molecule has 4 aromatic rings. The molecule has 0 aliphatic heterocycles. The van der Waals surface area contributed by atoms with Crippen molar-refractivity contribution < 1.29 is 9.59 Å². The maximum atomic E-state index is 12.1. The Kier molecular flexibility index (Phi) is 5.33. The van der Waals surface area contributed by atoms with Crippen LogP contribution < -0.4 is 10.6 Å². The van der Waals surface area contributed by atoms with Crippen LogP contribution in [0.3, 0.4) is 0 Å². The molecule has 0 atom stereocenters. The minimum atomic E-state index is -0.816.